The molecule has 0 aliphatic rings. The lowest BCUT2D eigenvalue weighted by Crippen LogP contribution is -2.34. The summed E-state index contributed by atoms with van der Waals surface area (Å²) >= 11 is 13.0. The largest absolute Gasteiger partial charge is 0.487 e. The lowest BCUT2D eigenvalue weighted by Gasteiger charge is -2.19. The van der Waals surface area contributed by atoms with Crippen LogP contribution in [0.25, 0.3) is 11.0 Å². The molecule has 0 aliphatic carbocycles. The van der Waals surface area contributed by atoms with Crippen molar-refractivity contribution >= 4 is 57.7 Å². The maximum Gasteiger partial charge on any atom is 0.341 e. The quantitative estimate of drug-likeness (QED) is 0.309. The summed E-state index contributed by atoms with van der Waals surface area (Å²) in [5, 5.41) is 6.56. The van der Waals surface area contributed by atoms with Gasteiger partial charge in [-0.3, -0.25) is 4.79 Å². The number of hydrogen-bond donors (Lipinski definition) is 2. The SMILES string of the molecule is CCOC(=O)c1cc2nc(Nc3c(Cl)ccc(CNC(=O)C(C)(C)C)c3Cl)n(C)c2cc1OCC(F)F. The minimum Gasteiger partial charge on any atom is -0.487 e. The molecular formula is C25H28Cl2F2N4O4. The molecule has 3 aromatic rings. The van der Waals surface area contributed by atoms with Crippen LogP contribution in [0.3, 0.4) is 0 Å². The minimum absolute atomic E-state index is 0.0210. The van der Waals surface area contributed by atoms with Gasteiger partial charge < -0.3 is 24.7 Å². The second-order valence-corrected chi connectivity index (χ2v) is 9.99. The molecule has 1 aromatic heterocycles. The van der Waals surface area contributed by atoms with Crippen molar-refractivity contribution in [3.05, 3.63) is 45.4 Å². The Morgan fingerprint density at radius 3 is 2.51 bits per heavy atom. The highest BCUT2D eigenvalue weighted by Crippen LogP contribution is 2.37. The molecule has 0 aliphatic heterocycles. The maximum atomic E-state index is 12.8. The fourth-order valence-corrected chi connectivity index (χ4v) is 3.90. The van der Waals surface area contributed by atoms with Crippen LogP contribution >= 0.6 is 23.2 Å². The van der Waals surface area contributed by atoms with Gasteiger partial charge in [0.05, 0.1) is 33.4 Å². The summed E-state index contributed by atoms with van der Waals surface area (Å²) < 4.78 is 37.5. The molecule has 1 amide bonds. The zero-order chi connectivity index (χ0) is 27.5. The Hall–Kier alpha value is -3.11. The topological polar surface area (TPSA) is 94.5 Å². The standard InChI is InChI=1S/C25H28Cl2F2N4O4/c1-6-36-22(34)14-9-16-17(10-18(14)37-12-19(28)29)33(5)24(31-16)32-21-15(26)8-7-13(20(21)27)11-30-23(35)25(2,3)4/h7-10,19H,6,11-12H2,1-5H3,(H,30,35)(H,31,32). The van der Waals surface area contributed by atoms with Gasteiger partial charge in [-0.1, -0.05) is 50.0 Å². The summed E-state index contributed by atoms with van der Waals surface area (Å²) in [6, 6.07) is 6.23. The lowest BCUT2D eigenvalue weighted by molar-refractivity contribution is -0.128. The van der Waals surface area contributed by atoms with Gasteiger partial charge in [-0.05, 0) is 24.6 Å². The molecule has 0 saturated heterocycles. The molecule has 8 nitrogen and oxygen atoms in total. The van der Waals surface area contributed by atoms with Gasteiger partial charge in [-0.15, -0.1) is 0 Å². The number of halogens is 4. The summed E-state index contributed by atoms with van der Waals surface area (Å²) in [5.41, 5.74) is 1.31. The van der Waals surface area contributed by atoms with E-state index in [2.05, 4.69) is 15.6 Å². The Balaban J connectivity index is 1.98. The molecule has 0 fully saturated rings. The van der Waals surface area contributed by atoms with Crippen molar-refractivity contribution in [2.24, 2.45) is 12.5 Å². The number of amides is 1. The first-order valence-corrected chi connectivity index (χ1v) is 12.2. The van der Waals surface area contributed by atoms with Gasteiger partial charge in [0.15, 0.2) is 0 Å². The van der Waals surface area contributed by atoms with Gasteiger partial charge in [0.2, 0.25) is 11.9 Å². The van der Waals surface area contributed by atoms with E-state index >= 15 is 0 Å². The predicted molar refractivity (Wildman–Crippen MR) is 139 cm³/mol. The van der Waals surface area contributed by atoms with Crippen LogP contribution in [-0.4, -0.2) is 41.1 Å². The molecule has 0 spiro atoms. The summed E-state index contributed by atoms with van der Waals surface area (Å²) in [5.74, 6) is -0.584. The Morgan fingerprint density at radius 2 is 1.89 bits per heavy atom. The third-order valence-corrected chi connectivity index (χ3v) is 6.12. The van der Waals surface area contributed by atoms with Crippen molar-refractivity contribution in [1.82, 2.24) is 14.9 Å². The Morgan fingerprint density at radius 1 is 1.19 bits per heavy atom. The number of aromatic nitrogens is 2. The van der Waals surface area contributed by atoms with Crippen LogP contribution < -0.4 is 15.4 Å². The minimum atomic E-state index is -2.72. The number of aryl methyl sites for hydroxylation is 1. The first-order chi connectivity index (χ1) is 17.3. The Bertz CT molecular complexity index is 1320. The number of alkyl halides is 2. The molecular weight excluding hydrogens is 529 g/mol. The Labute approximate surface area is 223 Å². The molecule has 0 unspecified atom stereocenters. The number of esters is 1. The number of nitrogens with zero attached hydrogens (tertiary/aromatic N) is 2. The third kappa shape index (κ3) is 6.61. The molecule has 12 heteroatoms. The summed E-state index contributed by atoms with van der Waals surface area (Å²) in [6.07, 6.45) is -2.72. The van der Waals surface area contributed by atoms with Crippen molar-refractivity contribution in [3.8, 4) is 5.75 Å². The van der Waals surface area contributed by atoms with Crippen LogP contribution in [0, 0.1) is 5.41 Å². The zero-order valence-corrected chi connectivity index (χ0v) is 22.6. The molecule has 37 heavy (non-hydrogen) atoms. The molecule has 1 heterocycles. The average Bonchev–Trinajstić information content (AvgIpc) is 3.12. The first kappa shape index (κ1) is 28.5. The maximum absolute atomic E-state index is 12.8. The summed E-state index contributed by atoms with van der Waals surface area (Å²) in [6.45, 7) is 6.46. The second kappa shape index (κ2) is 11.5. The summed E-state index contributed by atoms with van der Waals surface area (Å²) in [7, 11) is 1.69. The molecule has 0 bridgehead atoms. The number of benzene rings is 2. The van der Waals surface area contributed by atoms with Crippen molar-refractivity contribution in [2.75, 3.05) is 18.5 Å². The molecule has 2 aromatic carbocycles. The highest BCUT2D eigenvalue weighted by atomic mass is 35.5. The van der Waals surface area contributed by atoms with Crippen LogP contribution in [0.1, 0.15) is 43.6 Å². The number of anilines is 2. The summed E-state index contributed by atoms with van der Waals surface area (Å²) in [4.78, 5) is 29.2. The number of carbonyl (C=O) groups is 2. The smallest absolute Gasteiger partial charge is 0.341 e. The van der Waals surface area contributed by atoms with Gasteiger partial charge >= 0.3 is 5.97 Å². The zero-order valence-electron chi connectivity index (χ0n) is 21.0. The van der Waals surface area contributed by atoms with Gasteiger partial charge in [0, 0.05) is 25.1 Å². The van der Waals surface area contributed by atoms with E-state index in [1.165, 1.54) is 12.1 Å². The Kier molecular flexibility index (Phi) is 8.86. The van der Waals surface area contributed by atoms with Crippen molar-refractivity contribution in [3.63, 3.8) is 0 Å². The number of ether oxygens (including phenoxy) is 2. The van der Waals surface area contributed by atoms with Crippen LogP contribution in [0.15, 0.2) is 24.3 Å². The monoisotopic (exact) mass is 556 g/mol. The number of rotatable bonds is 9. The molecule has 0 radical (unpaired) electrons. The normalized spacial score (nSPS) is 11.6. The van der Waals surface area contributed by atoms with Gasteiger partial charge in [0.25, 0.3) is 6.43 Å². The lowest BCUT2D eigenvalue weighted by atomic mass is 9.95. The van der Waals surface area contributed by atoms with E-state index in [4.69, 9.17) is 32.7 Å². The van der Waals surface area contributed by atoms with Crippen molar-refractivity contribution < 1.29 is 27.8 Å². The van der Waals surface area contributed by atoms with Crippen LogP contribution in [0.4, 0.5) is 20.4 Å². The van der Waals surface area contributed by atoms with Gasteiger partial charge in [0.1, 0.15) is 17.9 Å². The highest BCUT2D eigenvalue weighted by Gasteiger charge is 2.23. The van der Waals surface area contributed by atoms with Crippen LogP contribution in [0.2, 0.25) is 10.0 Å². The molecule has 0 saturated carbocycles. The van der Waals surface area contributed by atoms with E-state index in [9.17, 15) is 18.4 Å². The number of hydrogen-bond acceptors (Lipinski definition) is 6. The van der Waals surface area contributed by atoms with Crippen molar-refractivity contribution in [1.29, 1.82) is 0 Å². The number of nitrogens with one attached hydrogen (secondary N) is 2. The number of carbonyl (C=O) groups excluding carboxylic acids is 2. The predicted octanol–water partition coefficient (Wildman–Crippen LogP) is 6.11. The van der Waals surface area contributed by atoms with E-state index < -0.39 is 24.4 Å². The third-order valence-electron chi connectivity index (χ3n) is 5.37. The second-order valence-electron chi connectivity index (χ2n) is 9.21. The molecule has 200 valence electrons. The van der Waals surface area contributed by atoms with E-state index in [1.807, 2.05) is 20.8 Å². The fourth-order valence-electron chi connectivity index (χ4n) is 3.37. The fraction of sp³-hybridized carbons (Fsp3) is 0.400. The van der Waals surface area contributed by atoms with Crippen LogP contribution in [-0.2, 0) is 23.1 Å². The van der Waals surface area contributed by atoms with E-state index in [0.717, 1.165) is 0 Å². The molecule has 3 rings (SSSR count). The number of imidazole rings is 1. The molecule has 2 N–H and O–H groups in total. The number of fused-ring (bicyclic) bond motifs is 1. The van der Waals surface area contributed by atoms with Gasteiger partial charge in [-0.2, -0.15) is 0 Å². The van der Waals surface area contributed by atoms with Gasteiger partial charge in [-0.25, -0.2) is 18.6 Å². The van der Waals surface area contributed by atoms with Crippen LogP contribution in [0.5, 0.6) is 5.75 Å². The molecule has 0 atom stereocenters. The van der Waals surface area contributed by atoms with E-state index in [1.54, 1.807) is 30.7 Å². The highest BCUT2D eigenvalue weighted by molar-refractivity contribution is 6.39. The van der Waals surface area contributed by atoms with E-state index in [-0.39, 0.29) is 30.4 Å². The average molecular weight is 557 g/mol. The van der Waals surface area contributed by atoms with E-state index in [0.29, 0.717) is 38.3 Å². The van der Waals surface area contributed by atoms with Crippen molar-refractivity contribution in [2.45, 2.75) is 40.7 Å². The first-order valence-electron chi connectivity index (χ1n) is 11.4.